The van der Waals surface area contributed by atoms with Gasteiger partial charge in [-0.1, -0.05) is 60.1 Å². The van der Waals surface area contributed by atoms with Gasteiger partial charge in [0, 0.05) is 27.9 Å². The Bertz CT molecular complexity index is 918. The zero-order chi connectivity index (χ0) is 15.9. The normalized spacial score (nSPS) is 9.22. The second kappa shape index (κ2) is 7.03. The zero-order valence-electron chi connectivity index (χ0n) is 12.6. The first kappa shape index (κ1) is 14.5. The molecule has 3 aromatic carbocycles. The first-order valence-corrected chi connectivity index (χ1v) is 7.35. The number of benzene rings is 3. The Morgan fingerprint density at radius 2 is 1.04 bits per heavy atom. The highest BCUT2D eigenvalue weighted by atomic mass is 14.5. The largest absolute Gasteiger partial charge is 0.399 e. The van der Waals surface area contributed by atoms with E-state index in [2.05, 4.69) is 23.7 Å². The number of rotatable bonds is 0. The highest BCUT2D eigenvalue weighted by molar-refractivity contribution is 5.59. The van der Waals surface area contributed by atoms with E-state index >= 15 is 0 Å². The Balaban J connectivity index is 1.96. The molecular weight excluding hydrogens is 278 g/mol. The third-order valence-electron chi connectivity index (χ3n) is 3.27. The Morgan fingerprint density at radius 1 is 0.522 bits per heavy atom. The molecule has 0 spiro atoms. The van der Waals surface area contributed by atoms with E-state index in [9.17, 15) is 0 Å². The van der Waals surface area contributed by atoms with Gasteiger partial charge in [-0.25, -0.2) is 0 Å². The summed E-state index contributed by atoms with van der Waals surface area (Å²) < 4.78 is 0. The Morgan fingerprint density at radius 3 is 1.61 bits per heavy atom. The molecule has 0 unspecified atom stereocenters. The van der Waals surface area contributed by atoms with E-state index in [-0.39, 0.29) is 0 Å². The highest BCUT2D eigenvalue weighted by Crippen LogP contribution is 2.12. The Hall–Kier alpha value is -3.42. The molecule has 0 saturated heterocycles. The van der Waals surface area contributed by atoms with Gasteiger partial charge in [0.05, 0.1) is 0 Å². The fourth-order valence-corrected chi connectivity index (χ4v) is 2.10. The molecule has 3 aromatic rings. The Labute approximate surface area is 136 Å². The number of anilines is 1. The quantitative estimate of drug-likeness (QED) is 0.491. The molecule has 3 rings (SSSR count). The van der Waals surface area contributed by atoms with Crippen molar-refractivity contribution in [2.75, 3.05) is 5.73 Å². The van der Waals surface area contributed by atoms with E-state index in [1.165, 1.54) is 0 Å². The van der Waals surface area contributed by atoms with E-state index in [1.807, 2.05) is 78.9 Å². The van der Waals surface area contributed by atoms with Gasteiger partial charge in [0.2, 0.25) is 0 Å². The summed E-state index contributed by atoms with van der Waals surface area (Å²) in [6.45, 7) is 0. The topological polar surface area (TPSA) is 26.0 Å². The Kier molecular flexibility index (Phi) is 4.44. The summed E-state index contributed by atoms with van der Waals surface area (Å²) in [5, 5.41) is 0. The van der Waals surface area contributed by atoms with E-state index < -0.39 is 0 Å². The van der Waals surface area contributed by atoms with Gasteiger partial charge in [0.25, 0.3) is 0 Å². The molecule has 0 aromatic heterocycles. The molecule has 108 valence electrons. The van der Waals surface area contributed by atoms with Crippen LogP contribution in [0.5, 0.6) is 0 Å². The molecule has 0 saturated carbocycles. The van der Waals surface area contributed by atoms with Gasteiger partial charge < -0.3 is 5.73 Å². The van der Waals surface area contributed by atoms with Gasteiger partial charge >= 0.3 is 0 Å². The van der Waals surface area contributed by atoms with Gasteiger partial charge in [-0.15, -0.1) is 0 Å². The van der Waals surface area contributed by atoms with E-state index in [0.29, 0.717) is 5.69 Å². The average molecular weight is 293 g/mol. The smallest absolute Gasteiger partial charge is 0.0426 e. The van der Waals surface area contributed by atoms with Crippen LogP contribution in [0.15, 0.2) is 78.9 Å². The molecule has 0 radical (unpaired) electrons. The van der Waals surface area contributed by atoms with Crippen molar-refractivity contribution in [1.29, 1.82) is 0 Å². The van der Waals surface area contributed by atoms with E-state index in [1.54, 1.807) is 0 Å². The second-order valence-corrected chi connectivity index (χ2v) is 5.04. The van der Waals surface area contributed by atoms with Gasteiger partial charge in [-0.2, -0.15) is 0 Å². The van der Waals surface area contributed by atoms with Crippen molar-refractivity contribution >= 4 is 5.69 Å². The van der Waals surface area contributed by atoms with E-state index in [0.717, 1.165) is 22.3 Å². The van der Waals surface area contributed by atoms with Crippen molar-refractivity contribution in [2.45, 2.75) is 0 Å². The van der Waals surface area contributed by atoms with Crippen LogP contribution in [0, 0.1) is 23.7 Å². The van der Waals surface area contributed by atoms with E-state index in [4.69, 9.17) is 5.73 Å². The minimum absolute atomic E-state index is 0.688. The lowest BCUT2D eigenvalue weighted by Gasteiger charge is -1.99. The van der Waals surface area contributed by atoms with Crippen molar-refractivity contribution in [3.05, 3.63) is 101 Å². The maximum Gasteiger partial charge on any atom is 0.0426 e. The molecule has 0 aliphatic carbocycles. The third kappa shape index (κ3) is 4.03. The van der Waals surface area contributed by atoms with Crippen LogP contribution in [0.1, 0.15) is 22.3 Å². The maximum absolute atomic E-state index is 5.89. The molecule has 0 bridgehead atoms. The average Bonchev–Trinajstić information content (AvgIpc) is 2.61. The van der Waals surface area contributed by atoms with Gasteiger partial charge in [0.15, 0.2) is 0 Å². The number of nitrogens with two attached hydrogens (primary N) is 1. The van der Waals surface area contributed by atoms with Crippen molar-refractivity contribution in [1.82, 2.24) is 0 Å². The number of nitrogen functional groups attached to an aromatic ring is 1. The van der Waals surface area contributed by atoms with Crippen LogP contribution < -0.4 is 5.73 Å². The highest BCUT2D eigenvalue weighted by Gasteiger charge is 1.98. The molecule has 0 aliphatic rings. The minimum atomic E-state index is 0.688. The van der Waals surface area contributed by atoms with Crippen LogP contribution in [-0.2, 0) is 0 Å². The fourth-order valence-electron chi connectivity index (χ4n) is 2.10. The van der Waals surface area contributed by atoms with Crippen LogP contribution in [-0.4, -0.2) is 0 Å². The molecule has 0 aliphatic heterocycles. The SMILES string of the molecule is Nc1ccc(C#Cc2ccccc2)c(C#Cc2ccccc2)c1. The summed E-state index contributed by atoms with van der Waals surface area (Å²) in [5.74, 6) is 12.7. The first-order valence-electron chi connectivity index (χ1n) is 7.35. The molecule has 23 heavy (non-hydrogen) atoms. The van der Waals surface area contributed by atoms with Crippen LogP contribution in [0.25, 0.3) is 0 Å². The molecule has 0 atom stereocenters. The molecular formula is C22H15N. The molecule has 0 fully saturated rings. The van der Waals surface area contributed by atoms with Crippen molar-refractivity contribution in [3.8, 4) is 23.7 Å². The van der Waals surface area contributed by atoms with Crippen molar-refractivity contribution < 1.29 is 0 Å². The summed E-state index contributed by atoms with van der Waals surface area (Å²) in [6.07, 6.45) is 0. The third-order valence-corrected chi connectivity index (χ3v) is 3.27. The summed E-state index contributed by atoms with van der Waals surface area (Å²) in [5.41, 5.74) is 10.2. The number of hydrogen-bond acceptors (Lipinski definition) is 1. The molecule has 1 heteroatoms. The van der Waals surface area contributed by atoms with Gasteiger partial charge in [-0.05, 0) is 42.5 Å². The molecule has 0 heterocycles. The fraction of sp³-hybridized carbons (Fsp3) is 0. The number of hydrogen-bond donors (Lipinski definition) is 1. The van der Waals surface area contributed by atoms with Crippen LogP contribution in [0.3, 0.4) is 0 Å². The lowest BCUT2D eigenvalue weighted by molar-refractivity contribution is 1.57. The second-order valence-electron chi connectivity index (χ2n) is 5.04. The van der Waals surface area contributed by atoms with Crippen LogP contribution in [0.4, 0.5) is 5.69 Å². The first-order chi connectivity index (χ1) is 11.3. The maximum atomic E-state index is 5.89. The summed E-state index contributed by atoms with van der Waals surface area (Å²) >= 11 is 0. The van der Waals surface area contributed by atoms with Gasteiger partial charge in [-0.3, -0.25) is 0 Å². The molecule has 2 N–H and O–H groups in total. The standard InChI is InChI=1S/C22H15N/c23-22-16-15-20(13-11-18-7-3-1-4-8-18)21(17-22)14-12-19-9-5-2-6-10-19/h1-10,15-17H,23H2. The molecule has 1 nitrogen and oxygen atoms in total. The lowest BCUT2D eigenvalue weighted by Crippen LogP contribution is -1.90. The summed E-state index contributed by atoms with van der Waals surface area (Å²) in [6, 6.07) is 25.4. The summed E-state index contributed by atoms with van der Waals surface area (Å²) in [7, 11) is 0. The van der Waals surface area contributed by atoms with Crippen LogP contribution >= 0.6 is 0 Å². The monoisotopic (exact) mass is 293 g/mol. The summed E-state index contributed by atoms with van der Waals surface area (Å²) in [4.78, 5) is 0. The van der Waals surface area contributed by atoms with Crippen molar-refractivity contribution in [2.24, 2.45) is 0 Å². The predicted molar refractivity (Wildman–Crippen MR) is 95.7 cm³/mol. The minimum Gasteiger partial charge on any atom is -0.399 e. The lowest BCUT2D eigenvalue weighted by atomic mass is 10.1. The van der Waals surface area contributed by atoms with Crippen LogP contribution in [0.2, 0.25) is 0 Å². The van der Waals surface area contributed by atoms with Crippen molar-refractivity contribution in [3.63, 3.8) is 0 Å². The van der Waals surface area contributed by atoms with Gasteiger partial charge in [0.1, 0.15) is 0 Å². The predicted octanol–water partition coefficient (Wildman–Crippen LogP) is 4.07. The zero-order valence-corrected chi connectivity index (χ0v) is 12.6. The molecule has 0 amide bonds.